The molecule has 174 valence electrons. The lowest BCUT2D eigenvalue weighted by Crippen LogP contribution is -2.45. The maximum absolute atomic E-state index is 11.0. The summed E-state index contributed by atoms with van der Waals surface area (Å²) in [5, 5.41) is 14.9. The minimum Gasteiger partial charge on any atom is -0.476 e. The number of hydrogen-bond donors (Lipinski definition) is 3. The van der Waals surface area contributed by atoms with Crippen molar-refractivity contribution in [1.82, 2.24) is 34.7 Å². The highest BCUT2D eigenvalue weighted by molar-refractivity contribution is 7.72. The molecule has 0 saturated carbocycles. The van der Waals surface area contributed by atoms with Crippen LogP contribution in [-0.4, -0.2) is 74.7 Å². The van der Waals surface area contributed by atoms with Crippen LogP contribution in [0.4, 0.5) is 5.95 Å². The van der Waals surface area contributed by atoms with Crippen LogP contribution in [0.15, 0.2) is 18.6 Å². The van der Waals surface area contributed by atoms with Crippen LogP contribution in [0.2, 0.25) is 0 Å². The Balaban J connectivity index is 1.56. The van der Waals surface area contributed by atoms with Gasteiger partial charge in [0.1, 0.15) is 5.69 Å². The molecule has 3 aromatic rings. The van der Waals surface area contributed by atoms with Crippen molar-refractivity contribution in [2.45, 2.75) is 39.7 Å². The molecule has 0 radical (unpaired) electrons. The number of hydrogen-bond acceptors (Lipinski definition) is 9. The van der Waals surface area contributed by atoms with Crippen molar-refractivity contribution in [2.75, 3.05) is 30.9 Å². The molecule has 0 spiro atoms. The van der Waals surface area contributed by atoms with Crippen molar-refractivity contribution < 1.29 is 13.2 Å². The number of thiol groups is 1. The smallest absolute Gasteiger partial charge is 0.244 e. The summed E-state index contributed by atoms with van der Waals surface area (Å²) in [5.41, 5.74) is 2.06. The molecule has 4 rings (SSSR count). The Morgan fingerprint density at radius 1 is 1.34 bits per heavy atom. The standard InChI is InChI=1S/C20H30N8O3S/c1-13(2)5-7-31-19-18(15-8-22-23-9-15)21-10-17-25-20(26-28(17)19)24-16-4-6-27(11-14(16)3)12-32(29)30/h8-10,13-14,16,32H,4-7,11-12H2,1-3H3,(H,22,23)(H,24,26)/t14-,16+/m1/s1. The molecule has 2 N–H and O–H groups in total. The van der Waals surface area contributed by atoms with Crippen molar-refractivity contribution in [3.63, 3.8) is 0 Å². The quantitative estimate of drug-likeness (QED) is 0.406. The molecule has 2 atom stereocenters. The second-order valence-corrected chi connectivity index (χ2v) is 9.65. The first-order valence-corrected chi connectivity index (χ1v) is 12.3. The van der Waals surface area contributed by atoms with Gasteiger partial charge in [-0.15, -0.1) is 5.10 Å². The average molecular weight is 463 g/mol. The van der Waals surface area contributed by atoms with Crippen LogP contribution in [0.5, 0.6) is 5.88 Å². The zero-order valence-electron chi connectivity index (χ0n) is 18.6. The number of fused-ring (bicyclic) bond motifs is 1. The molecule has 11 nitrogen and oxygen atoms in total. The highest BCUT2D eigenvalue weighted by atomic mass is 32.2. The van der Waals surface area contributed by atoms with Crippen LogP contribution in [0.1, 0.15) is 33.6 Å². The molecule has 0 aliphatic carbocycles. The van der Waals surface area contributed by atoms with Crippen molar-refractivity contribution in [3.05, 3.63) is 18.6 Å². The van der Waals surface area contributed by atoms with Gasteiger partial charge in [0.2, 0.25) is 11.8 Å². The summed E-state index contributed by atoms with van der Waals surface area (Å²) in [5.74, 6) is 1.92. The lowest BCUT2D eigenvalue weighted by Gasteiger charge is -2.35. The van der Waals surface area contributed by atoms with E-state index in [4.69, 9.17) is 4.74 Å². The van der Waals surface area contributed by atoms with Crippen LogP contribution in [-0.2, 0) is 10.7 Å². The Bertz CT molecular complexity index is 1100. The topological polar surface area (TPSA) is 130 Å². The van der Waals surface area contributed by atoms with Gasteiger partial charge in [-0.3, -0.25) is 10.00 Å². The van der Waals surface area contributed by atoms with E-state index in [1.54, 1.807) is 23.1 Å². The molecule has 1 fully saturated rings. The number of aromatic nitrogens is 6. The molecule has 32 heavy (non-hydrogen) atoms. The fourth-order valence-corrected chi connectivity index (χ4v) is 4.48. The second-order valence-electron chi connectivity index (χ2n) is 8.70. The third-order valence-electron chi connectivity index (χ3n) is 5.66. The Kier molecular flexibility index (Phi) is 6.89. The summed E-state index contributed by atoms with van der Waals surface area (Å²) in [6.07, 6.45) is 6.87. The van der Waals surface area contributed by atoms with E-state index < -0.39 is 10.7 Å². The van der Waals surface area contributed by atoms with Gasteiger partial charge >= 0.3 is 0 Å². The van der Waals surface area contributed by atoms with E-state index in [0.29, 0.717) is 48.8 Å². The monoisotopic (exact) mass is 462 g/mol. The number of aromatic amines is 1. The number of nitrogens with zero attached hydrogens (tertiary/aromatic N) is 6. The normalized spacial score (nSPS) is 19.8. The van der Waals surface area contributed by atoms with E-state index >= 15 is 0 Å². The Morgan fingerprint density at radius 2 is 2.19 bits per heavy atom. The lowest BCUT2D eigenvalue weighted by molar-refractivity contribution is 0.196. The summed E-state index contributed by atoms with van der Waals surface area (Å²) in [7, 11) is -2.40. The van der Waals surface area contributed by atoms with Gasteiger partial charge in [0.05, 0.1) is 24.9 Å². The SMILES string of the molecule is CC(C)CCOc1c(-c2cn[nH]c2)ncc2nc(N[C@H]3CCN(C[SH](=O)=O)C[C@H]3C)nn12. The van der Waals surface area contributed by atoms with Crippen molar-refractivity contribution in [2.24, 2.45) is 11.8 Å². The van der Waals surface area contributed by atoms with Gasteiger partial charge in [0, 0.05) is 30.9 Å². The van der Waals surface area contributed by atoms with Crippen molar-refractivity contribution >= 4 is 22.3 Å². The maximum atomic E-state index is 11.0. The van der Waals surface area contributed by atoms with E-state index in [2.05, 4.69) is 51.4 Å². The van der Waals surface area contributed by atoms with E-state index in [1.807, 2.05) is 4.90 Å². The second kappa shape index (κ2) is 9.82. The van der Waals surface area contributed by atoms with E-state index in [0.717, 1.165) is 18.4 Å². The first kappa shape index (κ1) is 22.5. The van der Waals surface area contributed by atoms with Crippen LogP contribution < -0.4 is 10.1 Å². The minimum absolute atomic E-state index is 0.110. The summed E-state index contributed by atoms with van der Waals surface area (Å²) in [4.78, 5) is 11.1. The molecule has 1 aliphatic rings. The highest BCUT2D eigenvalue weighted by Crippen LogP contribution is 2.29. The van der Waals surface area contributed by atoms with Gasteiger partial charge in [-0.05, 0) is 24.7 Å². The number of likely N-dealkylation sites (tertiary alicyclic amines) is 1. The Hall–Kier alpha value is -2.73. The first-order chi connectivity index (χ1) is 15.4. The van der Waals surface area contributed by atoms with Gasteiger partial charge in [0.15, 0.2) is 16.4 Å². The third kappa shape index (κ3) is 5.18. The minimum atomic E-state index is -2.40. The summed E-state index contributed by atoms with van der Waals surface area (Å²) >= 11 is 0. The summed E-state index contributed by atoms with van der Waals surface area (Å²) < 4.78 is 29.9. The average Bonchev–Trinajstić information content (AvgIpc) is 3.39. The lowest BCUT2D eigenvalue weighted by atomic mass is 9.94. The van der Waals surface area contributed by atoms with Gasteiger partial charge in [-0.1, -0.05) is 20.8 Å². The molecule has 0 amide bonds. The Labute approximate surface area is 188 Å². The van der Waals surface area contributed by atoms with Crippen LogP contribution in [0, 0.1) is 11.8 Å². The van der Waals surface area contributed by atoms with Crippen molar-refractivity contribution in [3.8, 4) is 17.1 Å². The number of H-pyrrole nitrogens is 1. The van der Waals surface area contributed by atoms with Gasteiger partial charge in [-0.2, -0.15) is 14.6 Å². The third-order valence-corrected chi connectivity index (χ3v) is 6.29. The fraction of sp³-hybridized carbons (Fsp3) is 0.600. The number of rotatable bonds is 9. The molecule has 1 aliphatic heterocycles. The molecule has 0 unspecified atom stereocenters. The molecule has 1 saturated heterocycles. The molecule has 12 heteroatoms. The summed E-state index contributed by atoms with van der Waals surface area (Å²) in [6, 6.07) is 0.153. The molecular weight excluding hydrogens is 432 g/mol. The molecule has 4 heterocycles. The van der Waals surface area contributed by atoms with E-state index in [-0.39, 0.29) is 17.8 Å². The number of piperidine rings is 1. The Morgan fingerprint density at radius 3 is 2.88 bits per heavy atom. The zero-order chi connectivity index (χ0) is 22.7. The van der Waals surface area contributed by atoms with Gasteiger partial charge in [-0.25, -0.2) is 13.4 Å². The highest BCUT2D eigenvalue weighted by Gasteiger charge is 2.27. The molecule has 0 aromatic carbocycles. The first-order valence-electron chi connectivity index (χ1n) is 10.9. The number of nitrogens with one attached hydrogen (secondary N) is 2. The van der Waals surface area contributed by atoms with Crippen LogP contribution >= 0.6 is 0 Å². The predicted octanol–water partition coefficient (Wildman–Crippen LogP) is 1.63. The maximum Gasteiger partial charge on any atom is 0.244 e. The number of anilines is 1. The van der Waals surface area contributed by atoms with Crippen LogP contribution in [0.3, 0.4) is 0 Å². The molecule has 3 aromatic heterocycles. The summed E-state index contributed by atoms with van der Waals surface area (Å²) in [6.45, 7) is 8.38. The van der Waals surface area contributed by atoms with Gasteiger partial charge in [0.25, 0.3) is 0 Å². The number of ether oxygens (including phenoxy) is 1. The largest absolute Gasteiger partial charge is 0.476 e. The van der Waals surface area contributed by atoms with Gasteiger partial charge < -0.3 is 10.1 Å². The van der Waals surface area contributed by atoms with E-state index in [9.17, 15) is 8.42 Å². The predicted molar refractivity (Wildman–Crippen MR) is 121 cm³/mol. The fourth-order valence-electron chi connectivity index (χ4n) is 3.90. The van der Waals surface area contributed by atoms with E-state index in [1.165, 1.54) is 0 Å². The molecular formula is C20H30N8O3S. The van der Waals surface area contributed by atoms with Crippen LogP contribution in [0.25, 0.3) is 16.9 Å². The zero-order valence-corrected chi connectivity index (χ0v) is 19.5. The molecule has 0 bridgehead atoms. The van der Waals surface area contributed by atoms with Crippen molar-refractivity contribution in [1.29, 1.82) is 0 Å².